The molecule has 0 amide bonds. The lowest BCUT2D eigenvalue weighted by Gasteiger charge is -2.30. The standard InChI is InChI=1S/C11H25NO/c1-6-9(4)10(7-12-5)11(13)8(2)3/h8-13H,6-7H2,1-5H3. The summed E-state index contributed by atoms with van der Waals surface area (Å²) in [4.78, 5) is 0. The lowest BCUT2D eigenvalue weighted by atomic mass is 9.82. The summed E-state index contributed by atoms with van der Waals surface area (Å²) >= 11 is 0. The molecule has 3 unspecified atom stereocenters. The molecule has 0 aromatic rings. The summed E-state index contributed by atoms with van der Waals surface area (Å²) in [6, 6.07) is 0. The molecule has 2 heteroatoms. The maximum absolute atomic E-state index is 9.98. The Balaban J connectivity index is 4.22. The van der Waals surface area contributed by atoms with Crippen molar-refractivity contribution in [2.24, 2.45) is 17.8 Å². The Kier molecular flexibility index (Phi) is 6.35. The minimum atomic E-state index is -0.178. The van der Waals surface area contributed by atoms with Crippen LogP contribution >= 0.6 is 0 Å². The van der Waals surface area contributed by atoms with Crippen LogP contribution in [-0.2, 0) is 0 Å². The molecule has 0 fully saturated rings. The van der Waals surface area contributed by atoms with Crippen molar-refractivity contribution in [3.05, 3.63) is 0 Å². The van der Waals surface area contributed by atoms with Crippen LogP contribution in [0.4, 0.5) is 0 Å². The third kappa shape index (κ3) is 4.10. The first-order chi connectivity index (χ1) is 6.04. The molecule has 2 N–H and O–H groups in total. The number of aliphatic hydroxyl groups is 1. The Hall–Kier alpha value is -0.0800. The van der Waals surface area contributed by atoms with Gasteiger partial charge in [0.1, 0.15) is 0 Å². The van der Waals surface area contributed by atoms with Crippen molar-refractivity contribution in [3.63, 3.8) is 0 Å². The van der Waals surface area contributed by atoms with E-state index in [1.165, 1.54) is 0 Å². The summed E-state index contributed by atoms with van der Waals surface area (Å²) in [7, 11) is 1.95. The smallest absolute Gasteiger partial charge is 0.0605 e. The Morgan fingerprint density at radius 3 is 2.08 bits per heavy atom. The Labute approximate surface area is 82.7 Å². The molecule has 0 aromatic carbocycles. The molecule has 0 saturated carbocycles. The molecular weight excluding hydrogens is 162 g/mol. The van der Waals surface area contributed by atoms with Crippen LogP contribution in [0.2, 0.25) is 0 Å². The maximum atomic E-state index is 9.98. The number of hydrogen-bond donors (Lipinski definition) is 2. The average Bonchev–Trinajstić information content (AvgIpc) is 2.11. The molecule has 0 aliphatic rings. The molecule has 0 spiro atoms. The number of aliphatic hydroxyl groups excluding tert-OH is 1. The van der Waals surface area contributed by atoms with E-state index in [0.29, 0.717) is 17.8 Å². The highest BCUT2D eigenvalue weighted by atomic mass is 16.3. The zero-order valence-corrected chi connectivity index (χ0v) is 9.67. The van der Waals surface area contributed by atoms with Gasteiger partial charge in [-0.25, -0.2) is 0 Å². The van der Waals surface area contributed by atoms with E-state index in [-0.39, 0.29) is 6.10 Å². The van der Waals surface area contributed by atoms with Gasteiger partial charge < -0.3 is 10.4 Å². The molecule has 13 heavy (non-hydrogen) atoms. The van der Waals surface area contributed by atoms with E-state index in [0.717, 1.165) is 13.0 Å². The van der Waals surface area contributed by atoms with Gasteiger partial charge in [-0.2, -0.15) is 0 Å². The van der Waals surface area contributed by atoms with E-state index in [2.05, 4.69) is 33.0 Å². The van der Waals surface area contributed by atoms with Crippen LogP contribution < -0.4 is 5.32 Å². The zero-order chi connectivity index (χ0) is 10.4. The lowest BCUT2D eigenvalue weighted by molar-refractivity contribution is 0.0386. The van der Waals surface area contributed by atoms with Crippen LogP contribution in [-0.4, -0.2) is 24.8 Å². The summed E-state index contributed by atoms with van der Waals surface area (Å²) in [6.45, 7) is 9.47. The van der Waals surface area contributed by atoms with E-state index < -0.39 is 0 Å². The zero-order valence-electron chi connectivity index (χ0n) is 9.67. The van der Waals surface area contributed by atoms with Gasteiger partial charge in [0.2, 0.25) is 0 Å². The minimum Gasteiger partial charge on any atom is -0.393 e. The van der Waals surface area contributed by atoms with Gasteiger partial charge in [-0.15, -0.1) is 0 Å². The molecule has 0 aromatic heterocycles. The molecule has 80 valence electrons. The van der Waals surface area contributed by atoms with E-state index in [4.69, 9.17) is 0 Å². The molecule has 0 aliphatic carbocycles. The fourth-order valence-corrected chi connectivity index (χ4v) is 1.69. The monoisotopic (exact) mass is 187 g/mol. The predicted molar refractivity (Wildman–Crippen MR) is 57.7 cm³/mol. The highest BCUT2D eigenvalue weighted by Crippen LogP contribution is 2.22. The Morgan fingerprint density at radius 2 is 1.77 bits per heavy atom. The van der Waals surface area contributed by atoms with Crippen LogP contribution in [0.1, 0.15) is 34.1 Å². The van der Waals surface area contributed by atoms with E-state index in [1.807, 2.05) is 7.05 Å². The molecular formula is C11H25NO. The second kappa shape index (κ2) is 6.39. The Morgan fingerprint density at radius 1 is 1.23 bits per heavy atom. The largest absolute Gasteiger partial charge is 0.393 e. The number of nitrogens with one attached hydrogen (secondary N) is 1. The molecule has 0 radical (unpaired) electrons. The molecule has 0 bridgehead atoms. The topological polar surface area (TPSA) is 32.3 Å². The van der Waals surface area contributed by atoms with E-state index in [1.54, 1.807) is 0 Å². The lowest BCUT2D eigenvalue weighted by Crippen LogP contribution is -2.37. The second-order valence-electron chi connectivity index (χ2n) is 4.34. The summed E-state index contributed by atoms with van der Waals surface area (Å²) < 4.78 is 0. The van der Waals surface area contributed by atoms with E-state index in [9.17, 15) is 5.11 Å². The number of hydrogen-bond acceptors (Lipinski definition) is 2. The van der Waals surface area contributed by atoms with Gasteiger partial charge in [0.05, 0.1) is 6.10 Å². The van der Waals surface area contributed by atoms with E-state index >= 15 is 0 Å². The normalized spacial score (nSPS) is 18.7. The van der Waals surface area contributed by atoms with Crippen molar-refractivity contribution < 1.29 is 5.11 Å². The van der Waals surface area contributed by atoms with Crippen LogP contribution in [0.3, 0.4) is 0 Å². The third-order valence-corrected chi connectivity index (χ3v) is 2.94. The second-order valence-corrected chi connectivity index (χ2v) is 4.34. The summed E-state index contributed by atoms with van der Waals surface area (Å²) in [6.07, 6.45) is 0.957. The van der Waals surface area contributed by atoms with Crippen molar-refractivity contribution in [1.29, 1.82) is 0 Å². The van der Waals surface area contributed by atoms with Crippen molar-refractivity contribution >= 4 is 0 Å². The molecule has 0 rings (SSSR count). The highest BCUT2D eigenvalue weighted by Gasteiger charge is 2.25. The molecule has 2 nitrogen and oxygen atoms in total. The fraction of sp³-hybridized carbons (Fsp3) is 1.00. The fourth-order valence-electron chi connectivity index (χ4n) is 1.69. The van der Waals surface area contributed by atoms with Gasteiger partial charge in [-0.05, 0) is 18.9 Å². The van der Waals surface area contributed by atoms with Crippen LogP contribution in [0.5, 0.6) is 0 Å². The van der Waals surface area contributed by atoms with Gasteiger partial charge in [0.25, 0.3) is 0 Å². The molecule has 0 aliphatic heterocycles. The molecule has 0 heterocycles. The van der Waals surface area contributed by atoms with Crippen LogP contribution in [0, 0.1) is 17.8 Å². The SMILES string of the molecule is CCC(C)C(CNC)C(O)C(C)C. The average molecular weight is 187 g/mol. The minimum absolute atomic E-state index is 0.178. The van der Waals surface area contributed by atoms with Crippen LogP contribution in [0.25, 0.3) is 0 Å². The van der Waals surface area contributed by atoms with Gasteiger partial charge in [-0.1, -0.05) is 34.1 Å². The molecule has 3 atom stereocenters. The van der Waals surface area contributed by atoms with Crippen molar-refractivity contribution in [2.45, 2.75) is 40.2 Å². The first-order valence-electron chi connectivity index (χ1n) is 5.37. The van der Waals surface area contributed by atoms with Crippen molar-refractivity contribution in [1.82, 2.24) is 5.32 Å². The van der Waals surface area contributed by atoms with Crippen molar-refractivity contribution in [3.8, 4) is 0 Å². The first-order valence-corrected chi connectivity index (χ1v) is 5.37. The van der Waals surface area contributed by atoms with Gasteiger partial charge in [0, 0.05) is 12.5 Å². The summed E-state index contributed by atoms with van der Waals surface area (Å²) in [5, 5.41) is 13.1. The summed E-state index contributed by atoms with van der Waals surface area (Å²) in [5.74, 6) is 1.33. The van der Waals surface area contributed by atoms with Crippen LogP contribution in [0.15, 0.2) is 0 Å². The predicted octanol–water partition coefficient (Wildman–Crippen LogP) is 1.88. The quantitative estimate of drug-likeness (QED) is 0.665. The highest BCUT2D eigenvalue weighted by molar-refractivity contribution is 4.77. The molecule has 0 saturated heterocycles. The maximum Gasteiger partial charge on any atom is 0.0605 e. The number of rotatable bonds is 6. The summed E-state index contributed by atoms with van der Waals surface area (Å²) in [5.41, 5.74) is 0. The first kappa shape index (κ1) is 12.9. The van der Waals surface area contributed by atoms with Gasteiger partial charge >= 0.3 is 0 Å². The third-order valence-electron chi connectivity index (χ3n) is 2.94. The Bertz CT molecular complexity index is 125. The van der Waals surface area contributed by atoms with Crippen molar-refractivity contribution in [2.75, 3.05) is 13.6 Å². The van der Waals surface area contributed by atoms with Gasteiger partial charge in [-0.3, -0.25) is 0 Å². The van der Waals surface area contributed by atoms with Gasteiger partial charge in [0.15, 0.2) is 0 Å².